The van der Waals surface area contributed by atoms with E-state index in [1.165, 1.54) is 6.42 Å². The van der Waals surface area contributed by atoms with Gasteiger partial charge < -0.3 is 9.84 Å². The van der Waals surface area contributed by atoms with Crippen molar-refractivity contribution >= 4 is 0 Å². The van der Waals surface area contributed by atoms with Gasteiger partial charge in [-0.3, -0.25) is 0 Å². The summed E-state index contributed by atoms with van der Waals surface area (Å²) in [4.78, 5) is 0. The number of rotatable bonds is 0. The Bertz CT molecular complexity index is 151. The van der Waals surface area contributed by atoms with Crippen molar-refractivity contribution in [1.29, 1.82) is 0 Å². The van der Waals surface area contributed by atoms with Gasteiger partial charge in [-0.1, -0.05) is 13.8 Å². The van der Waals surface area contributed by atoms with Gasteiger partial charge in [-0.2, -0.15) is 0 Å². The van der Waals surface area contributed by atoms with E-state index in [1.54, 1.807) is 0 Å². The lowest BCUT2D eigenvalue weighted by Gasteiger charge is -2.35. The van der Waals surface area contributed by atoms with Crippen LogP contribution in [0.2, 0.25) is 0 Å². The van der Waals surface area contributed by atoms with Gasteiger partial charge in [-0.15, -0.1) is 0 Å². The number of fused-ring (bicyclic) bond motifs is 1. The number of ether oxygens (including phenoxy) is 1. The van der Waals surface area contributed by atoms with Gasteiger partial charge in [0, 0.05) is 5.92 Å². The predicted molar refractivity (Wildman–Crippen MR) is 46.5 cm³/mol. The van der Waals surface area contributed by atoms with Crippen molar-refractivity contribution in [2.45, 2.75) is 33.0 Å². The van der Waals surface area contributed by atoms with Crippen LogP contribution in [0.4, 0.5) is 0 Å². The highest BCUT2D eigenvalue weighted by Gasteiger charge is 2.43. The third-order valence-corrected chi connectivity index (χ3v) is 3.53. The monoisotopic (exact) mass is 170 g/mol. The Kier molecular flexibility index (Phi) is 2.13. The minimum Gasteiger partial charge on any atom is -0.368 e. The molecule has 0 aromatic carbocycles. The van der Waals surface area contributed by atoms with E-state index < -0.39 is 6.29 Å². The summed E-state index contributed by atoms with van der Waals surface area (Å²) in [6, 6.07) is 0. The van der Waals surface area contributed by atoms with Crippen LogP contribution in [0, 0.1) is 23.7 Å². The van der Waals surface area contributed by atoms with Gasteiger partial charge in [0.1, 0.15) is 0 Å². The largest absolute Gasteiger partial charge is 0.368 e. The quantitative estimate of drug-likeness (QED) is 0.598. The molecule has 0 aromatic rings. The molecule has 70 valence electrons. The molecule has 2 rings (SSSR count). The SMILES string of the molecule is C[C@@H]1C[C@@H]2[C@H](C1)[C@@H](C)CO[C@H]2O. The Morgan fingerprint density at radius 2 is 1.83 bits per heavy atom. The van der Waals surface area contributed by atoms with Gasteiger partial charge in [0.05, 0.1) is 6.61 Å². The molecule has 0 bridgehead atoms. The average Bonchev–Trinajstić information content (AvgIpc) is 2.41. The molecular weight excluding hydrogens is 152 g/mol. The molecule has 1 N–H and O–H groups in total. The molecule has 0 amide bonds. The molecule has 1 saturated heterocycles. The fourth-order valence-electron chi connectivity index (χ4n) is 2.85. The lowest BCUT2D eigenvalue weighted by molar-refractivity contribution is -0.187. The number of hydrogen-bond acceptors (Lipinski definition) is 2. The number of aliphatic hydroxyl groups excluding tert-OH is 1. The lowest BCUT2D eigenvalue weighted by atomic mass is 9.83. The summed E-state index contributed by atoms with van der Waals surface area (Å²) in [6.45, 7) is 5.26. The molecule has 12 heavy (non-hydrogen) atoms. The second kappa shape index (κ2) is 3.00. The highest BCUT2D eigenvalue weighted by atomic mass is 16.6. The van der Waals surface area contributed by atoms with Crippen molar-refractivity contribution in [3.8, 4) is 0 Å². The van der Waals surface area contributed by atoms with E-state index in [4.69, 9.17) is 4.74 Å². The molecule has 5 atom stereocenters. The van der Waals surface area contributed by atoms with Crippen molar-refractivity contribution < 1.29 is 9.84 Å². The van der Waals surface area contributed by atoms with Crippen molar-refractivity contribution in [3.63, 3.8) is 0 Å². The zero-order valence-electron chi connectivity index (χ0n) is 7.86. The van der Waals surface area contributed by atoms with Crippen LogP contribution in [-0.2, 0) is 4.74 Å². The molecule has 1 heterocycles. The lowest BCUT2D eigenvalue weighted by Crippen LogP contribution is -2.38. The maximum Gasteiger partial charge on any atom is 0.157 e. The molecule has 2 fully saturated rings. The summed E-state index contributed by atoms with van der Waals surface area (Å²) in [5.41, 5.74) is 0. The molecule has 2 heteroatoms. The third-order valence-electron chi connectivity index (χ3n) is 3.53. The Balaban J connectivity index is 2.09. The van der Waals surface area contributed by atoms with Crippen molar-refractivity contribution in [2.75, 3.05) is 6.61 Å². The Morgan fingerprint density at radius 1 is 1.17 bits per heavy atom. The molecule has 1 aliphatic carbocycles. The first-order valence-corrected chi connectivity index (χ1v) is 4.98. The highest BCUT2D eigenvalue weighted by molar-refractivity contribution is 4.88. The first kappa shape index (κ1) is 8.52. The molecule has 0 aromatic heterocycles. The zero-order valence-corrected chi connectivity index (χ0v) is 7.86. The van der Waals surface area contributed by atoms with E-state index in [1.807, 2.05) is 0 Å². The number of aliphatic hydroxyl groups is 1. The molecule has 0 radical (unpaired) electrons. The second-order valence-electron chi connectivity index (χ2n) is 4.61. The van der Waals surface area contributed by atoms with Crippen molar-refractivity contribution in [1.82, 2.24) is 0 Å². The summed E-state index contributed by atoms with van der Waals surface area (Å²) >= 11 is 0. The van der Waals surface area contributed by atoms with Gasteiger partial charge in [0.2, 0.25) is 0 Å². The normalized spacial score (nSPS) is 53.8. The number of hydrogen-bond donors (Lipinski definition) is 1. The van der Waals surface area contributed by atoms with Crippen LogP contribution in [-0.4, -0.2) is 18.0 Å². The minimum absolute atomic E-state index is 0.420. The summed E-state index contributed by atoms with van der Waals surface area (Å²) < 4.78 is 5.31. The molecule has 2 aliphatic rings. The molecule has 1 aliphatic heterocycles. The van der Waals surface area contributed by atoms with Crippen LogP contribution in [0.1, 0.15) is 26.7 Å². The molecule has 1 saturated carbocycles. The van der Waals surface area contributed by atoms with Gasteiger partial charge in [-0.25, -0.2) is 0 Å². The standard InChI is InChI=1S/C10H18O2/c1-6-3-8-7(2)5-12-10(11)9(8)4-6/h6-11H,3-5H2,1-2H3/t6-,7-,8+,9+,10+/m0/s1. The van der Waals surface area contributed by atoms with E-state index in [0.717, 1.165) is 18.9 Å². The van der Waals surface area contributed by atoms with Crippen molar-refractivity contribution in [2.24, 2.45) is 23.7 Å². The van der Waals surface area contributed by atoms with E-state index in [-0.39, 0.29) is 0 Å². The molecular formula is C10H18O2. The van der Waals surface area contributed by atoms with Crippen molar-refractivity contribution in [3.05, 3.63) is 0 Å². The highest BCUT2D eigenvalue weighted by Crippen LogP contribution is 2.45. The van der Waals surface area contributed by atoms with Gasteiger partial charge in [0.25, 0.3) is 0 Å². The minimum atomic E-state index is -0.476. The van der Waals surface area contributed by atoms with Crippen LogP contribution in [0.5, 0.6) is 0 Å². The predicted octanol–water partition coefficient (Wildman–Crippen LogP) is 1.63. The van der Waals surface area contributed by atoms with Crippen LogP contribution in [0.3, 0.4) is 0 Å². The Hall–Kier alpha value is -0.0800. The average molecular weight is 170 g/mol. The molecule has 0 unspecified atom stereocenters. The first-order chi connectivity index (χ1) is 5.68. The summed E-state index contributed by atoms with van der Waals surface area (Å²) in [7, 11) is 0. The van der Waals surface area contributed by atoms with E-state index in [9.17, 15) is 5.11 Å². The topological polar surface area (TPSA) is 29.5 Å². The Labute approximate surface area is 73.9 Å². The molecule has 2 nitrogen and oxygen atoms in total. The summed E-state index contributed by atoms with van der Waals surface area (Å²) in [5.74, 6) is 2.55. The summed E-state index contributed by atoms with van der Waals surface area (Å²) in [6.07, 6.45) is 1.96. The van der Waals surface area contributed by atoms with Gasteiger partial charge >= 0.3 is 0 Å². The second-order valence-corrected chi connectivity index (χ2v) is 4.61. The Morgan fingerprint density at radius 3 is 2.50 bits per heavy atom. The summed E-state index contributed by atoms with van der Waals surface area (Å²) in [5, 5.41) is 9.59. The van der Waals surface area contributed by atoms with Crippen LogP contribution in [0.15, 0.2) is 0 Å². The third kappa shape index (κ3) is 1.27. The van der Waals surface area contributed by atoms with E-state index >= 15 is 0 Å². The first-order valence-electron chi connectivity index (χ1n) is 4.98. The smallest absolute Gasteiger partial charge is 0.157 e. The maximum atomic E-state index is 9.59. The van der Waals surface area contributed by atoms with E-state index in [0.29, 0.717) is 17.8 Å². The van der Waals surface area contributed by atoms with E-state index in [2.05, 4.69) is 13.8 Å². The van der Waals surface area contributed by atoms with Gasteiger partial charge in [0.15, 0.2) is 6.29 Å². The van der Waals surface area contributed by atoms with Crippen LogP contribution < -0.4 is 0 Å². The fourth-order valence-corrected chi connectivity index (χ4v) is 2.85. The maximum absolute atomic E-state index is 9.59. The van der Waals surface area contributed by atoms with Crippen LogP contribution >= 0.6 is 0 Å². The van der Waals surface area contributed by atoms with Crippen LogP contribution in [0.25, 0.3) is 0 Å². The fraction of sp³-hybridized carbons (Fsp3) is 1.00. The molecule has 0 spiro atoms. The van der Waals surface area contributed by atoms with Gasteiger partial charge in [-0.05, 0) is 30.6 Å². The zero-order chi connectivity index (χ0) is 8.72.